The second-order valence-corrected chi connectivity index (χ2v) is 8.07. The van der Waals surface area contributed by atoms with Crippen LogP contribution in [0.25, 0.3) is 10.9 Å². The number of nitrogens with one attached hydrogen (secondary N) is 1. The Balaban J connectivity index is 1.51. The van der Waals surface area contributed by atoms with Gasteiger partial charge in [-0.25, -0.2) is 4.79 Å². The second kappa shape index (κ2) is 8.30. The van der Waals surface area contributed by atoms with Gasteiger partial charge in [0.15, 0.2) is 0 Å². The maximum Gasteiger partial charge on any atom is 0.328 e. The molecule has 0 aliphatic heterocycles. The molecule has 0 radical (unpaired) electrons. The average Bonchev–Trinajstić information content (AvgIpc) is 2.78. The molecule has 0 bridgehead atoms. The van der Waals surface area contributed by atoms with Crippen molar-refractivity contribution in [3.63, 3.8) is 0 Å². The summed E-state index contributed by atoms with van der Waals surface area (Å²) in [6.07, 6.45) is 4.06. The predicted molar refractivity (Wildman–Crippen MR) is 118 cm³/mol. The average molecular weight is 405 g/mol. The lowest BCUT2D eigenvalue weighted by molar-refractivity contribution is 0.0689. The minimum Gasteiger partial charge on any atom is -0.339 e. The molecule has 1 aromatic heterocycles. The third-order valence-corrected chi connectivity index (χ3v) is 6.38. The predicted octanol–water partition coefficient (Wildman–Crippen LogP) is 3.51. The normalized spacial score (nSPS) is 19.0. The molecule has 156 valence electrons. The first-order chi connectivity index (χ1) is 14.5. The fourth-order valence-electron chi connectivity index (χ4n) is 4.57. The van der Waals surface area contributed by atoms with E-state index in [1.807, 2.05) is 18.0 Å². The molecule has 30 heavy (non-hydrogen) atoms. The number of carbonyl (C=O) groups excluding carboxylic acids is 1. The van der Waals surface area contributed by atoms with E-state index in [4.69, 9.17) is 0 Å². The van der Waals surface area contributed by atoms with E-state index >= 15 is 0 Å². The van der Waals surface area contributed by atoms with E-state index in [-0.39, 0.29) is 17.5 Å². The Morgan fingerprint density at radius 3 is 2.43 bits per heavy atom. The lowest BCUT2D eigenvalue weighted by atomic mass is 9.81. The van der Waals surface area contributed by atoms with Gasteiger partial charge in [-0.3, -0.25) is 14.2 Å². The Morgan fingerprint density at radius 1 is 1.07 bits per heavy atom. The molecule has 1 fully saturated rings. The topological polar surface area (TPSA) is 75.2 Å². The number of fused-ring (bicyclic) bond motifs is 1. The van der Waals surface area contributed by atoms with Gasteiger partial charge in [0.2, 0.25) is 0 Å². The number of benzene rings is 2. The summed E-state index contributed by atoms with van der Waals surface area (Å²) in [4.78, 5) is 42.2. The molecule has 4 rings (SSSR count). The zero-order chi connectivity index (χ0) is 21.3. The first kappa shape index (κ1) is 20.1. The SMILES string of the molecule is CCn1c(=O)[nH]c2cc(C(=O)N(C)C3CCC(c4ccccc4)CC3)ccc2c1=O. The number of aromatic amines is 1. The fourth-order valence-corrected chi connectivity index (χ4v) is 4.57. The molecule has 2 aromatic carbocycles. The summed E-state index contributed by atoms with van der Waals surface area (Å²) in [5, 5.41) is 0.416. The summed E-state index contributed by atoms with van der Waals surface area (Å²) in [5.41, 5.74) is 1.48. The van der Waals surface area contributed by atoms with Crippen molar-refractivity contribution in [3.8, 4) is 0 Å². The van der Waals surface area contributed by atoms with E-state index in [2.05, 4.69) is 29.2 Å². The summed E-state index contributed by atoms with van der Waals surface area (Å²) in [7, 11) is 1.85. The van der Waals surface area contributed by atoms with Crippen LogP contribution in [0.15, 0.2) is 58.1 Å². The summed E-state index contributed by atoms with van der Waals surface area (Å²) in [6.45, 7) is 2.06. The highest BCUT2D eigenvalue weighted by Crippen LogP contribution is 2.34. The van der Waals surface area contributed by atoms with Gasteiger partial charge in [0.1, 0.15) is 0 Å². The van der Waals surface area contributed by atoms with Crippen molar-refractivity contribution < 1.29 is 4.79 Å². The summed E-state index contributed by atoms with van der Waals surface area (Å²) >= 11 is 0. The van der Waals surface area contributed by atoms with Crippen molar-refractivity contribution in [2.24, 2.45) is 0 Å². The van der Waals surface area contributed by atoms with Gasteiger partial charge < -0.3 is 9.88 Å². The summed E-state index contributed by atoms with van der Waals surface area (Å²) in [6, 6.07) is 15.7. The lowest BCUT2D eigenvalue weighted by Gasteiger charge is -2.35. The molecule has 1 aliphatic rings. The minimum atomic E-state index is -0.452. The van der Waals surface area contributed by atoms with E-state index in [1.54, 1.807) is 25.1 Å². The molecule has 3 aromatic rings. The summed E-state index contributed by atoms with van der Waals surface area (Å²) in [5.74, 6) is 0.470. The van der Waals surface area contributed by atoms with Gasteiger partial charge in [-0.15, -0.1) is 0 Å². The smallest absolute Gasteiger partial charge is 0.328 e. The third kappa shape index (κ3) is 3.70. The van der Waals surface area contributed by atoms with Crippen LogP contribution in [0.3, 0.4) is 0 Å². The molecule has 1 aliphatic carbocycles. The number of rotatable bonds is 4. The number of hydrogen-bond donors (Lipinski definition) is 1. The van der Waals surface area contributed by atoms with Crippen LogP contribution < -0.4 is 11.2 Å². The van der Waals surface area contributed by atoms with Gasteiger partial charge >= 0.3 is 5.69 Å². The molecule has 1 N–H and O–H groups in total. The van der Waals surface area contributed by atoms with Crippen LogP contribution >= 0.6 is 0 Å². The molecule has 0 unspecified atom stereocenters. The number of aromatic nitrogens is 2. The Hall–Kier alpha value is -3.15. The molecular formula is C24H27N3O3. The number of carbonyl (C=O) groups is 1. The van der Waals surface area contributed by atoms with Crippen LogP contribution in [-0.2, 0) is 6.54 Å². The van der Waals surface area contributed by atoms with E-state index in [1.165, 1.54) is 5.56 Å². The van der Waals surface area contributed by atoms with Crippen LogP contribution in [0.2, 0.25) is 0 Å². The number of hydrogen-bond acceptors (Lipinski definition) is 3. The summed E-state index contributed by atoms with van der Waals surface area (Å²) < 4.78 is 1.15. The van der Waals surface area contributed by atoms with Gasteiger partial charge in [-0.1, -0.05) is 30.3 Å². The van der Waals surface area contributed by atoms with Gasteiger partial charge in [0.05, 0.1) is 10.9 Å². The maximum absolute atomic E-state index is 13.1. The minimum absolute atomic E-state index is 0.0828. The highest BCUT2D eigenvalue weighted by Gasteiger charge is 2.28. The molecule has 0 atom stereocenters. The molecular weight excluding hydrogens is 378 g/mol. The standard InChI is InChI=1S/C24H27N3O3/c1-3-27-23(29)20-14-11-18(15-21(20)25-24(27)30)22(28)26(2)19-12-9-17(10-13-19)16-7-5-4-6-8-16/h4-8,11,14-15,17,19H,3,9-10,12-13H2,1-2H3,(H,25,30). The van der Waals surface area contributed by atoms with Gasteiger partial charge in [-0.2, -0.15) is 0 Å². The lowest BCUT2D eigenvalue weighted by Crippen LogP contribution is -2.39. The Morgan fingerprint density at radius 2 is 1.77 bits per heavy atom. The maximum atomic E-state index is 13.1. The molecule has 0 spiro atoms. The van der Waals surface area contributed by atoms with Crippen molar-refractivity contribution in [2.45, 2.75) is 51.1 Å². The Labute approximate surface area is 175 Å². The molecule has 6 nitrogen and oxygen atoms in total. The number of H-pyrrole nitrogens is 1. The Bertz CT molecular complexity index is 1170. The third-order valence-electron chi connectivity index (χ3n) is 6.38. The molecule has 6 heteroatoms. The van der Waals surface area contributed by atoms with E-state index in [0.717, 1.165) is 30.3 Å². The van der Waals surface area contributed by atoms with E-state index in [9.17, 15) is 14.4 Å². The molecule has 1 amide bonds. The van der Waals surface area contributed by atoms with Crippen LogP contribution in [0.5, 0.6) is 0 Å². The largest absolute Gasteiger partial charge is 0.339 e. The molecule has 0 saturated heterocycles. The van der Waals surface area contributed by atoms with Crippen molar-refractivity contribution in [2.75, 3.05) is 7.05 Å². The zero-order valence-electron chi connectivity index (χ0n) is 17.4. The highest BCUT2D eigenvalue weighted by atomic mass is 16.2. The molecule has 1 saturated carbocycles. The molecule has 1 heterocycles. The Kier molecular flexibility index (Phi) is 5.57. The number of amides is 1. The van der Waals surface area contributed by atoms with E-state index in [0.29, 0.717) is 28.9 Å². The highest BCUT2D eigenvalue weighted by molar-refractivity contribution is 5.97. The van der Waals surface area contributed by atoms with Crippen molar-refractivity contribution in [3.05, 3.63) is 80.5 Å². The zero-order valence-corrected chi connectivity index (χ0v) is 17.4. The van der Waals surface area contributed by atoms with Crippen molar-refractivity contribution >= 4 is 16.8 Å². The van der Waals surface area contributed by atoms with Crippen molar-refractivity contribution in [1.29, 1.82) is 0 Å². The fraction of sp³-hybridized carbons (Fsp3) is 0.375. The first-order valence-corrected chi connectivity index (χ1v) is 10.6. The first-order valence-electron chi connectivity index (χ1n) is 10.6. The van der Waals surface area contributed by atoms with Gasteiger partial charge in [0, 0.05) is 25.2 Å². The quantitative estimate of drug-likeness (QED) is 0.722. The van der Waals surface area contributed by atoms with Crippen LogP contribution in [0, 0.1) is 0 Å². The van der Waals surface area contributed by atoms with Gasteiger partial charge in [-0.05, 0) is 62.3 Å². The second-order valence-electron chi connectivity index (χ2n) is 8.07. The van der Waals surface area contributed by atoms with E-state index < -0.39 is 5.69 Å². The van der Waals surface area contributed by atoms with Crippen LogP contribution in [0.1, 0.15) is 54.4 Å². The van der Waals surface area contributed by atoms with Crippen LogP contribution in [-0.4, -0.2) is 33.4 Å². The van der Waals surface area contributed by atoms with Crippen LogP contribution in [0.4, 0.5) is 0 Å². The van der Waals surface area contributed by atoms with Gasteiger partial charge in [0.25, 0.3) is 11.5 Å². The monoisotopic (exact) mass is 405 g/mol. The number of nitrogens with zero attached hydrogens (tertiary/aromatic N) is 2. The van der Waals surface area contributed by atoms with Crippen molar-refractivity contribution in [1.82, 2.24) is 14.5 Å².